The minimum Gasteiger partial charge on any atom is -0.396 e. The summed E-state index contributed by atoms with van der Waals surface area (Å²) in [6.45, 7) is 2.24. The molecule has 0 aliphatic carbocycles. The van der Waals surface area contributed by atoms with Gasteiger partial charge in [-0.2, -0.15) is 0 Å². The van der Waals surface area contributed by atoms with Gasteiger partial charge in [-0.15, -0.1) is 33.2 Å². The van der Waals surface area contributed by atoms with Gasteiger partial charge < -0.3 is 5.11 Å². The molecular weight excluding hydrogens is 295 g/mol. The van der Waals surface area contributed by atoms with Gasteiger partial charge in [0.2, 0.25) is 0 Å². The van der Waals surface area contributed by atoms with E-state index in [-0.39, 0.29) is 12.1 Å². The Bertz CT molecular complexity index is 174. The summed E-state index contributed by atoms with van der Waals surface area (Å²) < 4.78 is 0. The first kappa shape index (κ1) is 18.0. The Kier molecular flexibility index (Phi) is 11.6. The topological polar surface area (TPSA) is 20.2 Å². The Labute approximate surface area is 121 Å². The van der Waals surface area contributed by atoms with Crippen LogP contribution in [0.3, 0.4) is 0 Å². The highest BCUT2D eigenvalue weighted by Gasteiger charge is 2.35. The molecule has 104 valence electrons. The second kappa shape index (κ2) is 10.9. The molecule has 0 spiro atoms. The first-order chi connectivity index (χ1) is 8.02. The quantitative estimate of drug-likeness (QED) is 0.301. The number of halogens is 3. The van der Waals surface area contributed by atoms with Crippen LogP contribution in [0.4, 0.5) is 0 Å². The van der Waals surface area contributed by atoms with Gasteiger partial charge >= 0.3 is 6.00 Å². The van der Waals surface area contributed by atoms with Crippen molar-refractivity contribution in [2.45, 2.75) is 70.3 Å². The van der Waals surface area contributed by atoms with Crippen LogP contribution >= 0.6 is 33.2 Å². The molecule has 0 amide bonds. The highest BCUT2D eigenvalue weighted by atomic mass is 35.8. The molecule has 0 saturated heterocycles. The Morgan fingerprint density at radius 2 is 1.35 bits per heavy atom. The van der Waals surface area contributed by atoms with Gasteiger partial charge in [0, 0.05) is 12.1 Å². The van der Waals surface area contributed by atoms with Crippen molar-refractivity contribution in [3.8, 4) is 0 Å². The monoisotopic (exact) mass is 318 g/mol. The van der Waals surface area contributed by atoms with Crippen LogP contribution in [-0.4, -0.2) is 17.7 Å². The molecule has 0 aromatic heterocycles. The fourth-order valence-electron chi connectivity index (χ4n) is 1.88. The molecule has 0 aliphatic rings. The summed E-state index contributed by atoms with van der Waals surface area (Å²) in [5, 5.41) is 9.14. The van der Waals surface area contributed by atoms with Crippen LogP contribution in [-0.2, 0) is 0 Å². The Hall–Kier alpha value is 1.05. The molecule has 1 atom stereocenters. The Morgan fingerprint density at radius 3 is 1.76 bits per heavy atom. The number of aliphatic hydroxyl groups excluding tert-OH is 1. The summed E-state index contributed by atoms with van der Waals surface area (Å²) >= 11 is 17.7. The van der Waals surface area contributed by atoms with Crippen LogP contribution in [0.15, 0.2) is 0 Å². The molecule has 0 saturated carbocycles. The predicted molar refractivity (Wildman–Crippen MR) is 81.4 cm³/mol. The van der Waals surface area contributed by atoms with E-state index in [0.717, 1.165) is 12.8 Å². The van der Waals surface area contributed by atoms with Gasteiger partial charge in [0.05, 0.1) is 0 Å². The third-order valence-electron chi connectivity index (χ3n) is 3.09. The van der Waals surface area contributed by atoms with Crippen LogP contribution in [0.1, 0.15) is 64.7 Å². The average molecular weight is 320 g/mol. The maximum absolute atomic E-state index is 9.14. The van der Waals surface area contributed by atoms with Crippen molar-refractivity contribution in [3.05, 3.63) is 0 Å². The summed E-state index contributed by atoms with van der Waals surface area (Å²) in [5.74, 6) is 0. The zero-order chi connectivity index (χ0) is 13.1. The molecule has 1 nitrogen and oxygen atoms in total. The van der Waals surface area contributed by atoms with Crippen molar-refractivity contribution in [2.24, 2.45) is 0 Å². The summed E-state index contributed by atoms with van der Waals surface area (Å²) in [6, 6.07) is -2.71. The van der Waals surface area contributed by atoms with Crippen LogP contribution in [0, 0.1) is 0 Å². The standard InChI is InChI=1S/C12H25Cl3OSi/c1-2-3-4-5-6-7-8-9-10-12(11-16)17(13,14)15/h12,16H,2-11H2,1H3. The summed E-state index contributed by atoms with van der Waals surface area (Å²) in [4.78, 5) is 0. The highest BCUT2D eigenvalue weighted by Crippen LogP contribution is 2.37. The van der Waals surface area contributed by atoms with Crippen molar-refractivity contribution in [3.63, 3.8) is 0 Å². The van der Waals surface area contributed by atoms with Crippen molar-refractivity contribution >= 4 is 39.2 Å². The van der Waals surface area contributed by atoms with E-state index in [1.807, 2.05) is 0 Å². The van der Waals surface area contributed by atoms with Gasteiger partial charge in [-0.25, -0.2) is 0 Å². The minimum atomic E-state index is -2.71. The van der Waals surface area contributed by atoms with Crippen molar-refractivity contribution in [2.75, 3.05) is 6.61 Å². The van der Waals surface area contributed by atoms with Crippen LogP contribution in [0.5, 0.6) is 0 Å². The van der Waals surface area contributed by atoms with Crippen molar-refractivity contribution in [1.29, 1.82) is 0 Å². The second-order valence-corrected chi connectivity index (χ2v) is 13.7. The van der Waals surface area contributed by atoms with E-state index in [4.69, 9.17) is 38.3 Å². The smallest absolute Gasteiger partial charge is 0.346 e. The van der Waals surface area contributed by atoms with E-state index in [0.29, 0.717) is 0 Å². The molecule has 5 heteroatoms. The zero-order valence-corrected chi connectivity index (χ0v) is 14.0. The molecular formula is C12H25Cl3OSi. The molecule has 0 bridgehead atoms. The summed E-state index contributed by atoms with van der Waals surface area (Å²) in [5.41, 5.74) is -0.0902. The number of unbranched alkanes of at least 4 members (excludes halogenated alkanes) is 7. The molecule has 17 heavy (non-hydrogen) atoms. The third-order valence-corrected chi connectivity index (χ3v) is 7.26. The van der Waals surface area contributed by atoms with E-state index < -0.39 is 6.00 Å². The molecule has 0 aromatic rings. The summed E-state index contributed by atoms with van der Waals surface area (Å²) in [7, 11) is 0. The van der Waals surface area contributed by atoms with Crippen molar-refractivity contribution < 1.29 is 5.11 Å². The fraction of sp³-hybridized carbons (Fsp3) is 1.00. The van der Waals surface area contributed by atoms with E-state index in [9.17, 15) is 0 Å². The van der Waals surface area contributed by atoms with Gasteiger partial charge in [-0.05, 0) is 6.42 Å². The minimum absolute atomic E-state index is 0.0131. The molecule has 0 fully saturated rings. The van der Waals surface area contributed by atoms with Gasteiger partial charge in [-0.1, -0.05) is 58.3 Å². The summed E-state index contributed by atoms with van der Waals surface area (Å²) in [6.07, 6.45) is 11.1. The maximum atomic E-state index is 9.14. The van der Waals surface area contributed by atoms with Crippen LogP contribution in [0.2, 0.25) is 5.54 Å². The predicted octanol–water partition coefficient (Wildman–Crippen LogP) is 5.54. The fourth-order valence-corrected chi connectivity index (χ4v) is 4.22. The lowest BCUT2D eigenvalue weighted by atomic mass is 10.1. The number of aliphatic hydroxyl groups is 1. The lowest BCUT2D eigenvalue weighted by Gasteiger charge is -2.19. The van der Waals surface area contributed by atoms with E-state index in [1.54, 1.807) is 0 Å². The number of hydrogen-bond donors (Lipinski definition) is 1. The molecule has 0 heterocycles. The molecule has 0 rings (SSSR count). The zero-order valence-electron chi connectivity index (χ0n) is 10.7. The Morgan fingerprint density at radius 1 is 0.882 bits per heavy atom. The lowest BCUT2D eigenvalue weighted by Crippen LogP contribution is -2.22. The number of rotatable bonds is 11. The van der Waals surface area contributed by atoms with Gasteiger partial charge in [0.25, 0.3) is 0 Å². The van der Waals surface area contributed by atoms with Gasteiger partial charge in [-0.3, -0.25) is 0 Å². The van der Waals surface area contributed by atoms with Gasteiger partial charge in [0.1, 0.15) is 0 Å². The second-order valence-electron chi connectivity index (χ2n) is 4.68. The molecule has 1 N–H and O–H groups in total. The largest absolute Gasteiger partial charge is 0.396 e. The SMILES string of the molecule is CCCCCCCCCCC(CO)[Si](Cl)(Cl)Cl. The van der Waals surface area contributed by atoms with E-state index in [2.05, 4.69) is 6.92 Å². The molecule has 0 aromatic carbocycles. The molecule has 0 aliphatic heterocycles. The van der Waals surface area contributed by atoms with Crippen LogP contribution in [0.25, 0.3) is 0 Å². The number of hydrogen-bond acceptors (Lipinski definition) is 1. The normalized spacial score (nSPS) is 13.9. The Balaban J connectivity index is 3.38. The van der Waals surface area contributed by atoms with Crippen molar-refractivity contribution in [1.82, 2.24) is 0 Å². The first-order valence-corrected chi connectivity index (χ1v) is 11.8. The van der Waals surface area contributed by atoms with E-state index in [1.165, 1.54) is 44.9 Å². The maximum Gasteiger partial charge on any atom is 0.346 e. The molecule has 0 radical (unpaired) electrons. The van der Waals surface area contributed by atoms with E-state index >= 15 is 0 Å². The highest BCUT2D eigenvalue weighted by molar-refractivity contribution is 7.65. The van der Waals surface area contributed by atoms with Crippen LogP contribution < -0.4 is 0 Å². The lowest BCUT2D eigenvalue weighted by molar-refractivity contribution is 0.281. The average Bonchev–Trinajstić information content (AvgIpc) is 2.25. The molecule has 1 unspecified atom stereocenters. The third kappa shape index (κ3) is 10.6. The van der Waals surface area contributed by atoms with Gasteiger partial charge in [0.15, 0.2) is 0 Å². The first-order valence-electron chi connectivity index (χ1n) is 6.70.